The molecule has 0 spiro atoms. The summed E-state index contributed by atoms with van der Waals surface area (Å²) < 4.78 is 7.31. The fourth-order valence-corrected chi connectivity index (χ4v) is 5.60. The SMILES string of the molecule is CC(C)c1cc(I)cc(C(C)C)c1-n1cc[n+](-c2c(C(C)C)cc(I)cc2C(C)C)c1. The molecule has 0 unspecified atom stereocenters. The highest BCUT2D eigenvalue weighted by Crippen LogP contribution is 2.34. The summed E-state index contributed by atoms with van der Waals surface area (Å²) >= 11 is 4.92. The Hall–Kier alpha value is -0.890. The lowest BCUT2D eigenvalue weighted by molar-refractivity contribution is -0.596. The van der Waals surface area contributed by atoms with Gasteiger partial charge in [0, 0.05) is 29.4 Å². The van der Waals surface area contributed by atoms with Crippen molar-refractivity contribution in [3.63, 3.8) is 0 Å². The van der Waals surface area contributed by atoms with E-state index in [1.165, 1.54) is 40.8 Å². The molecule has 0 aliphatic carbocycles. The van der Waals surface area contributed by atoms with Gasteiger partial charge < -0.3 is 0 Å². The Morgan fingerprint density at radius 3 is 1.42 bits per heavy atom. The van der Waals surface area contributed by atoms with Crippen molar-refractivity contribution in [1.29, 1.82) is 0 Å². The molecule has 1 aromatic heterocycles. The van der Waals surface area contributed by atoms with Crippen LogP contribution in [0.25, 0.3) is 11.4 Å². The van der Waals surface area contributed by atoms with Crippen LogP contribution in [-0.2, 0) is 0 Å². The summed E-state index contributed by atoms with van der Waals surface area (Å²) in [6.07, 6.45) is 6.73. The van der Waals surface area contributed by atoms with Crippen molar-refractivity contribution in [3.05, 3.63) is 72.4 Å². The highest BCUT2D eigenvalue weighted by molar-refractivity contribution is 14.1. The summed E-state index contributed by atoms with van der Waals surface area (Å²) in [5.41, 5.74) is 8.32. The van der Waals surface area contributed by atoms with E-state index in [4.69, 9.17) is 0 Å². The first-order valence-electron chi connectivity index (χ1n) is 11.3. The molecule has 0 saturated heterocycles. The Morgan fingerprint density at radius 2 is 1.03 bits per heavy atom. The first-order valence-corrected chi connectivity index (χ1v) is 13.4. The Bertz CT molecular complexity index is 933. The molecule has 0 amide bonds. The number of hydrogen-bond acceptors (Lipinski definition) is 0. The van der Waals surface area contributed by atoms with Gasteiger partial charge in [0.2, 0.25) is 0 Å². The smallest absolute Gasteiger partial charge is 0.201 e. The molecular weight excluding hydrogens is 606 g/mol. The van der Waals surface area contributed by atoms with Gasteiger partial charge in [0.1, 0.15) is 23.8 Å². The Balaban J connectivity index is 2.28. The van der Waals surface area contributed by atoms with E-state index in [-0.39, 0.29) is 0 Å². The zero-order valence-corrected chi connectivity index (χ0v) is 24.3. The van der Waals surface area contributed by atoms with Gasteiger partial charge in [0.25, 0.3) is 6.33 Å². The second-order valence-corrected chi connectivity index (χ2v) is 12.2. The molecule has 2 nitrogen and oxygen atoms in total. The molecule has 31 heavy (non-hydrogen) atoms. The molecule has 0 aliphatic rings. The first-order chi connectivity index (χ1) is 14.5. The van der Waals surface area contributed by atoms with Crippen molar-refractivity contribution >= 4 is 45.2 Å². The molecule has 166 valence electrons. The highest BCUT2D eigenvalue weighted by Gasteiger charge is 2.25. The van der Waals surface area contributed by atoms with E-state index in [0.29, 0.717) is 23.7 Å². The zero-order valence-electron chi connectivity index (χ0n) is 20.0. The van der Waals surface area contributed by atoms with E-state index in [1.54, 1.807) is 0 Å². The van der Waals surface area contributed by atoms with Gasteiger partial charge in [0.05, 0.1) is 0 Å². The molecule has 3 aromatic rings. The monoisotopic (exact) mass is 641 g/mol. The minimum absolute atomic E-state index is 0.466. The van der Waals surface area contributed by atoms with E-state index >= 15 is 0 Å². The quantitative estimate of drug-likeness (QED) is 0.189. The van der Waals surface area contributed by atoms with Crippen molar-refractivity contribution in [2.24, 2.45) is 0 Å². The van der Waals surface area contributed by atoms with Crippen LogP contribution in [0.4, 0.5) is 0 Å². The number of halogens is 2. The number of nitrogens with zero attached hydrogens (tertiary/aromatic N) is 2. The van der Waals surface area contributed by atoms with Gasteiger partial charge >= 0.3 is 0 Å². The van der Waals surface area contributed by atoms with E-state index in [0.717, 1.165) is 0 Å². The van der Waals surface area contributed by atoms with Gasteiger partial charge in [-0.3, -0.25) is 0 Å². The van der Waals surface area contributed by atoms with Crippen LogP contribution in [0.1, 0.15) is 101 Å². The number of imidazole rings is 1. The average Bonchev–Trinajstić information content (AvgIpc) is 3.15. The molecule has 0 atom stereocenters. The second kappa shape index (κ2) is 9.94. The normalized spacial score (nSPS) is 12.1. The lowest BCUT2D eigenvalue weighted by Gasteiger charge is -2.18. The minimum atomic E-state index is 0.466. The summed E-state index contributed by atoms with van der Waals surface area (Å²) in [6, 6.07) is 9.39. The van der Waals surface area contributed by atoms with Crippen LogP contribution in [-0.4, -0.2) is 4.57 Å². The summed E-state index contributed by atoms with van der Waals surface area (Å²) in [6.45, 7) is 18.4. The summed E-state index contributed by atoms with van der Waals surface area (Å²) in [5.74, 6) is 1.87. The average molecular weight is 641 g/mol. The van der Waals surface area contributed by atoms with Crippen molar-refractivity contribution in [2.75, 3.05) is 0 Å². The van der Waals surface area contributed by atoms with Crippen LogP contribution in [0.15, 0.2) is 43.0 Å². The summed E-state index contributed by atoms with van der Waals surface area (Å²) in [4.78, 5) is 0. The Labute approximate surface area is 215 Å². The molecule has 1 heterocycles. The predicted octanol–water partition coefficient (Wildman–Crippen LogP) is 8.46. The third-order valence-corrected chi connectivity index (χ3v) is 7.15. The molecule has 0 radical (unpaired) electrons. The van der Waals surface area contributed by atoms with Gasteiger partial charge in [-0.15, -0.1) is 0 Å². The topological polar surface area (TPSA) is 8.81 Å². The molecule has 0 fully saturated rings. The fraction of sp³-hybridized carbons (Fsp3) is 0.444. The molecule has 0 saturated carbocycles. The molecule has 2 aromatic carbocycles. The lowest BCUT2D eigenvalue weighted by Crippen LogP contribution is -2.32. The molecule has 0 bridgehead atoms. The van der Waals surface area contributed by atoms with E-state index in [2.05, 4.69) is 153 Å². The molecule has 0 aliphatic heterocycles. The molecular formula is C27H35I2N2+. The first kappa shape index (κ1) is 24.7. The van der Waals surface area contributed by atoms with E-state index in [9.17, 15) is 0 Å². The van der Waals surface area contributed by atoms with Gasteiger partial charge in [-0.25, -0.2) is 9.13 Å². The van der Waals surface area contributed by atoms with Crippen LogP contribution in [0, 0.1) is 7.14 Å². The lowest BCUT2D eigenvalue weighted by atomic mass is 9.92. The third kappa shape index (κ3) is 5.21. The van der Waals surface area contributed by atoms with Crippen LogP contribution in [0.2, 0.25) is 0 Å². The molecule has 0 N–H and O–H groups in total. The predicted molar refractivity (Wildman–Crippen MR) is 149 cm³/mol. The van der Waals surface area contributed by atoms with Gasteiger partial charge in [-0.2, -0.15) is 0 Å². The standard InChI is InChI=1S/C27H35I2N2/c1-16(2)22-11-20(28)12-23(17(3)4)26(22)30-9-10-31(15-30)27-24(18(5)6)13-21(29)14-25(27)19(7)8/h9-19H,1-8H3/q+1. The largest absolute Gasteiger partial charge is 0.254 e. The van der Waals surface area contributed by atoms with E-state index < -0.39 is 0 Å². The van der Waals surface area contributed by atoms with Crippen LogP contribution in [0.3, 0.4) is 0 Å². The van der Waals surface area contributed by atoms with Crippen LogP contribution in [0.5, 0.6) is 0 Å². The highest BCUT2D eigenvalue weighted by atomic mass is 127. The number of benzene rings is 2. The maximum atomic E-state index is 2.46. The van der Waals surface area contributed by atoms with Crippen LogP contribution >= 0.6 is 45.2 Å². The van der Waals surface area contributed by atoms with Gasteiger partial charge in [-0.05, 0) is 93.1 Å². The van der Waals surface area contributed by atoms with Crippen molar-refractivity contribution in [1.82, 2.24) is 4.57 Å². The second-order valence-electron chi connectivity index (χ2n) is 9.71. The van der Waals surface area contributed by atoms with Crippen molar-refractivity contribution in [3.8, 4) is 11.4 Å². The Morgan fingerprint density at radius 1 is 0.645 bits per heavy atom. The third-order valence-electron chi connectivity index (χ3n) is 5.91. The Kier molecular flexibility index (Phi) is 7.93. The van der Waals surface area contributed by atoms with E-state index in [1.807, 2.05) is 0 Å². The molecule has 4 heteroatoms. The zero-order chi connectivity index (χ0) is 23.0. The number of aromatic nitrogens is 2. The minimum Gasteiger partial charge on any atom is -0.201 e. The molecule has 3 rings (SSSR count). The van der Waals surface area contributed by atoms with Crippen molar-refractivity contribution < 1.29 is 4.57 Å². The van der Waals surface area contributed by atoms with Gasteiger partial charge in [0.15, 0.2) is 0 Å². The number of hydrogen-bond donors (Lipinski definition) is 0. The number of rotatable bonds is 6. The van der Waals surface area contributed by atoms with Crippen molar-refractivity contribution in [2.45, 2.75) is 79.1 Å². The summed E-state index contributed by atoms with van der Waals surface area (Å²) in [5, 5.41) is 0. The van der Waals surface area contributed by atoms with Crippen LogP contribution < -0.4 is 4.57 Å². The summed E-state index contributed by atoms with van der Waals surface area (Å²) in [7, 11) is 0. The maximum absolute atomic E-state index is 2.46. The van der Waals surface area contributed by atoms with Gasteiger partial charge in [-0.1, -0.05) is 55.4 Å². The fourth-order valence-electron chi connectivity index (χ4n) is 4.26. The maximum Gasteiger partial charge on any atom is 0.254 e.